The van der Waals surface area contributed by atoms with Crippen LogP contribution in [-0.4, -0.2) is 88.2 Å². The number of amides is 4. The number of carboxylic acids is 1. The first-order valence-corrected chi connectivity index (χ1v) is 12.7. The van der Waals surface area contributed by atoms with Crippen molar-refractivity contribution in [3.8, 4) is 5.75 Å². The Morgan fingerprint density at radius 1 is 0.769 bits per heavy atom. The summed E-state index contributed by atoms with van der Waals surface area (Å²) in [5.41, 5.74) is 0.316. The Morgan fingerprint density at radius 2 is 1.33 bits per heavy atom. The SMILES string of the molecule is O=C(O)[C@H](CCC(=O)N1CCN(C(=O)COc2ccc3ccccc3c2)CC1)N1C(=O)c2ccccc2C1=O. The third-order valence-corrected chi connectivity index (χ3v) is 7.12. The van der Waals surface area contributed by atoms with Crippen molar-refractivity contribution in [2.45, 2.75) is 18.9 Å². The van der Waals surface area contributed by atoms with Crippen LogP contribution >= 0.6 is 0 Å². The number of fused-ring (bicyclic) bond motifs is 2. The Labute approximate surface area is 224 Å². The fourth-order valence-electron chi connectivity index (χ4n) is 4.97. The summed E-state index contributed by atoms with van der Waals surface area (Å²) >= 11 is 0. The average molecular weight is 530 g/mol. The van der Waals surface area contributed by atoms with Gasteiger partial charge in [0.25, 0.3) is 17.7 Å². The highest BCUT2D eigenvalue weighted by Crippen LogP contribution is 2.26. The molecule has 3 aromatic carbocycles. The summed E-state index contributed by atoms with van der Waals surface area (Å²) in [5, 5.41) is 11.8. The molecule has 2 heterocycles. The lowest BCUT2D eigenvalue weighted by Gasteiger charge is -2.35. The molecular weight excluding hydrogens is 502 g/mol. The third kappa shape index (κ3) is 5.31. The number of rotatable bonds is 8. The van der Waals surface area contributed by atoms with E-state index in [2.05, 4.69) is 0 Å². The first-order valence-electron chi connectivity index (χ1n) is 12.7. The van der Waals surface area contributed by atoms with Crippen molar-refractivity contribution in [2.75, 3.05) is 32.8 Å². The number of aliphatic carboxylic acids is 1. The van der Waals surface area contributed by atoms with E-state index in [9.17, 15) is 29.1 Å². The van der Waals surface area contributed by atoms with E-state index in [1.54, 1.807) is 21.9 Å². The summed E-state index contributed by atoms with van der Waals surface area (Å²) < 4.78 is 5.69. The predicted octanol–water partition coefficient (Wildman–Crippen LogP) is 2.42. The second-order valence-electron chi connectivity index (χ2n) is 9.48. The van der Waals surface area contributed by atoms with Gasteiger partial charge in [-0.1, -0.05) is 42.5 Å². The van der Waals surface area contributed by atoms with E-state index in [0.29, 0.717) is 31.9 Å². The molecule has 5 rings (SSSR count). The smallest absolute Gasteiger partial charge is 0.326 e. The largest absolute Gasteiger partial charge is 0.484 e. The molecule has 1 fully saturated rings. The van der Waals surface area contributed by atoms with Gasteiger partial charge in [0.05, 0.1) is 11.1 Å². The van der Waals surface area contributed by atoms with Crippen LogP contribution in [0.5, 0.6) is 5.75 Å². The van der Waals surface area contributed by atoms with Crippen molar-refractivity contribution in [2.24, 2.45) is 0 Å². The quantitative estimate of drug-likeness (QED) is 0.445. The van der Waals surface area contributed by atoms with Gasteiger partial charge in [-0.05, 0) is 41.5 Å². The molecule has 4 amide bonds. The number of hydrogen-bond acceptors (Lipinski definition) is 6. The van der Waals surface area contributed by atoms with Crippen LogP contribution in [0.4, 0.5) is 0 Å². The maximum absolute atomic E-state index is 12.8. The Kier molecular flexibility index (Phi) is 7.27. The molecule has 39 heavy (non-hydrogen) atoms. The molecule has 0 aliphatic carbocycles. The number of benzene rings is 3. The van der Waals surface area contributed by atoms with E-state index in [1.165, 1.54) is 12.1 Å². The molecule has 1 N–H and O–H groups in total. The monoisotopic (exact) mass is 529 g/mol. The zero-order valence-electron chi connectivity index (χ0n) is 21.1. The number of ether oxygens (including phenoxy) is 1. The second-order valence-corrected chi connectivity index (χ2v) is 9.48. The highest BCUT2D eigenvalue weighted by molar-refractivity contribution is 6.22. The highest BCUT2D eigenvalue weighted by atomic mass is 16.5. The van der Waals surface area contributed by atoms with Crippen molar-refractivity contribution in [3.63, 3.8) is 0 Å². The molecule has 0 radical (unpaired) electrons. The standard InChI is InChI=1S/C29H27N3O7/c33-25(12-11-24(29(37)38)32-27(35)22-7-3-4-8-23(22)28(32)36)30-13-15-31(16-14-30)26(34)18-39-21-10-9-19-5-1-2-6-20(19)17-21/h1-10,17,24H,11-16,18H2,(H,37,38)/t24-/m0/s1. The summed E-state index contributed by atoms with van der Waals surface area (Å²) in [5.74, 6) is -2.58. The minimum Gasteiger partial charge on any atom is -0.484 e. The minimum atomic E-state index is -1.45. The van der Waals surface area contributed by atoms with Crippen LogP contribution in [0, 0.1) is 0 Å². The van der Waals surface area contributed by atoms with Crippen molar-refractivity contribution in [1.82, 2.24) is 14.7 Å². The van der Waals surface area contributed by atoms with Gasteiger partial charge in [-0.3, -0.25) is 24.1 Å². The Bertz CT molecular complexity index is 1430. The molecule has 0 spiro atoms. The number of imide groups is 1. The number of hydrogen-bond donors (Lipinski definition) is 1. The average Bonchev–Trinajstić information content (AvgIpc) is 3.21. The van der Waals surface area contributed by atoms with Crippen LogP contribution in [0.1, 0.15) is 33.6 Å². The number of nitrogens with zero attached hydrogens (tertiary/aromatic N) is 3. The zero-order chi connectivity index (χ0) is 27.5. The highest BCUT2D eigenvalue weighted by Gasteiger charge is 2.43. The topological polar surface area (TPSA) is 125 Å². The lowest BCUT2D eigenvalue weighted by molar-refractivity contribution is -0.143. The van der Waals surface area contributed by atoms with Crippen molar-refractivity contribution in [3.05, 3.63) is 77.9 Å². The molecule has 1 atom stereocenters. The van der Waals surface area contributed by atoms with Crippen LogP contribution in [0.3, 0.4) is 0 Å². The van der Waals surface area contributed by atoms with E-state index in [1.807, 2.05) is 42.5 Å². The molecule has 0 bridgehead atoms. The minimum absolute atomic E-state index is 0.118. The molecule has 10 heteroatoms. The Hall–Kier alpha value is -4.73. The van der Waals surface area contributed by atoms with Gasteiger partial charge in [0.2, 0.25) is 5.91 Å². The van der Waals surface area contributed by atoms with Gasteiger partial charge < -0.3 is 19.6 Å². The molecule has 3 aromatic rings. The van der Waals surface area contributed by atoms with Crippen LogP contribution in [0.15, 0.2) is 66.7 Å². The van der Waals surface area contributed by atoms with E-state index >= 15 is 0 Å². The van der Waals surface area contributed by atoms with E-state index < -0.39 is 23.8 Å². The summed E-state index contributed by atoms with van der Waals surface area (Å²) in [6.07, 6.45) is -0.345. The molecular formula is C29H27N3O7. The molecule has 2 aliphatic rings. The number of carbonyl (C=O) groups excluding carboxylic acids is 4. The summed E-state index contributed by atoms with van der Waals surface area (Å²) in [4.78, 5) is 66.8. The van der Waals surface area contributed by atoms with Crippen LogP contribution in [0.2, 0.25) is 0 Å². The number of carboxylic acid groups (broad SMARTS) is 1. The summed E-state index contributed by atoms with van der Waals surface area (Å²) in [6.45, 7) is 1.13. The lowest BCUT2D eigenvalue weighted by Crippen LogP contribution is -2.52. The molecule has 0 saturated carbocycles. The summed E-state index contributed by atoms with van der Waals surface area (Å²) in [6, 6.07) is 18.2. The molecule has 0 aromatic heterocycles. The van der Waals surface area contributed by atoms with Crippen LogP contribution in [-0.2, 0) is 14.4 Å². The molecule has 2 aliphatic heterocycles. The molecule has 1 saturated heterocycles. The zero-order valence-corrected chi connectivity index (χ0v) is 21.1. The normalized spacial score (nSPS) is 15.8. The molecule has 200 valence electrons. The van der Waals surface area contributed by atoms with Crippen molar-refractivity contribution >= 4 is 40.4 Å². The fourth-order valence-corrected chi connectivity index (χ4v) is 4.97. The first kappa shape index (κ1) is 25.9. The van der Waals surface area contributed by atoms with Gasteiger partial charge in [0, 0.05) is 32.6 Å². The number of piperazine rings is 1. The van der Waals surface area contributed by atoms with Crippen LogP contribution < -0.4 is 4.74 Å². The van der Waals surface area contributed by atoms with Gasteiger partial charge in [-0.2, -0.15) is 0 Å². The lowest BCUT2D eigenvalue weighted by atomic mass is 10.1. The molecule has 10 nitrogen and oxygen atoms in total. The van der Waals surface area contributed by atoms with E-state index in [0.717, 1.165) is 15.7 Å². The van der Waals surface area contributed by atoms with Gasteiger partial charge in [-0.25, -0.2) is 4.79 Å². The van der Waals surface area contributed by atoms with Gasteiger partial charge in [0.1, 0.15) is 11.8 Å². The maximum Gasteiger partial charge on any atom is 0.326 e. The van der Waals surface area contributed by atoms with Crippen LogP contribution in [0.25, 0.3) is 10.8 Å². The molecule has 0 unspecified atom stereocenters. The Morgan fingerprint density at radius 3 is 1.95 bits per heavy atom. The van der Waals surface area contributed by atoms with Gasteiger partial charge >= 0.3 is 5.97 Å². The van der Waals surface area contributed by atoms with Gasteiger partial charge in [-0.15, -0.1) is 0 Å². The van der Waals surface area contributed by atoms with Crippen molar-refractivity contribution < 1.29 is 33.8 Å². The summed E-state index contributed by atoms with van der Waals surface area (Å²) in [7, 11) is 0. The maximum atomic E-state index is 12.8. The fraction of sp³-hybridized carbons (Fsp3) is 0.276. The Balaban J connectivity index is 1.11. The third-order valence-electron chi connectivity index (χ3n) is 7.12. The second kappa shape index (κ2) is 10.9. The first-order chi connectivity index (χ1) is 18.8. The van der Waals surface area contributed by atoms with Crippen molar-refractivity contribution in [1.29, 1.82) is 0 Å². The number of carbonyl (C=O) groups is 5. The van der Waals surface area contributed by atoms with E-state index in [4.69, 9.17) is 4.74 Å². The van der Waals surface area contributed by atoms with E-state index in [-0.39, 0.29) is 42.4 Å². The predicted molar refractivity (Wildman–Crippen MR) is 140 cm³/mol. The van der Waals surface area contributed by atoms with Gasteiger partial charge in [0.15, 0.2) is 6.61 Å².